The zero-order chi connectivity index (χ0) is 7.98. The maximum absolute atomic E-state index is 10.6. The van der Waals surface area contributed by atoms with E-state index in [2.05, 4.69) is 4.74 Å². The molecule has 0 aliphatic carbocycles. The second-order valence-corrected chi connectivity index (χ2v) is 2.74. The van der Waals surface area contributed by atoms with E-state index in [0.29, 0.717) is 6.61 Å². The van der Waals surface area contributed by atoms with Crippen LogP contribution in [-0.2, 0) is 14.3 Å². The van der Waals surface area contributed by atoms with Crippen molar-refractivity contribution in [2.45, 2.75) is 13.8 Å². The van der Waals surface area contributed by atoms with Crippen molar-refractivity contribution in [3.05, 3.63) is 0 Å². The first-order chi connectivity index (χ1) is 4.66. The van der Waals surface area contributed by atoms with Crippen LogP contribution in [-0.4, -0.2) is 23.4 Å². The third-order valence-corrected chi connectivity index (χ3v) is 1.49. The smallest absolute Gasteiger partial charge is 0.316 e. The van der Waals surface area contributed by atoms with Crippen LogP contribution in [0.5, 0.6) is 0 Å². The molecule has 0 atom stereocenters. The Kier molecular flexibility index (Phi) is 5.02. The summed E-state index contributed by atoms with van der Waals surface area (Å²) in [6.45, 7) is 3.53. The highest BCUT2D eigenvalue weighted by atomic mass is 32.2. The van der Waals surface area contributed by atoms with Crippen LogP contribution in [0, 0.1) is 0 Å². The summed E-state index contributed by atoms with van der Waals surface area (Å²) in [5, 5.41) is -0.0620. The van der Waals surface area contributed by atoms with Crippen LogP contribution in [0.2, 0.25) is 0 Å². The van der Waals surface area contributed by atoms with Crippen molar-refractivity contribution in [2.24, 2.45) is 0 Å². The molecule has 0 radical (unpaired) electrons. The van der Waals surface area contributed by atoms with E-state index in [1.165, 1.54) is 6.92 Å². The van der Waals surface area contributed by atoms with Crippen LogP contribution in [0.4, 0.5) is 0 Å². The van der Waals surface area contributed by atoms with Crippen LogP contribution >= 0.6 is 11.8 Å². The molecule has 0 bridgehead atoms. The summed E-state index contributed by atoms with van der Waals surface area (Å²) in [5.74, 6) is -0.203. The Bertz CT molecular complexity index is 133. The number of carbonyl (C=O) groups excluding carboxylic acids is 2. The summed E-state index contributed by atoms with van der Waals surface area (Å²) in [6.07, 6.45) is 0. The molecule has 0 heterocycles. The average molecular weight is 164 g/mol. The maximum atomic E-state index is 10.6. The van der Waals surface area contributed by atoms with Gasteiger partial charge in [0.1, 0.15) is 0 Å². The third-order valence-electron chi connectivity index (χ3n) is 0.699. The van der Waals surface area contributed by atoms with Crippen molar-refractivity contribution < 1.29 is 14.3 Å². The minimum atomic E-state index is -0.331. The number of hydrogen-bond donors (Lipinski definition) is 0. The summed E-state index contributed by atoms with van der Waals surface area (Å²) in [4.78, 5) is 20.9. The first kappa shape index (κ1) is 9.49. The second kappa shape index (κ2) is 5.29. The van der Waals surface area contributed by atoms with Gasteiger partial charge in [-0.3, -0.25) is 9.59 Å². The molecule has 0 aromatic heterocycles. The van der Waals surface area contributed by atoms with Gasteiger partial charge in [-0.2, -0.15) is 0 Å². The van der Waals surface area contributed by atoms with Crippen LogP contribution in [0.25, 0.3) is 0 Å². The van der Waals surface area contributed by atoms with Gasteiger partial charge in [-0.05, 0) is 6.92 Å². The van der Waals surface area contributed by atoms with Crippen molar-refractivity contribution in [3.63, 3.8) is 0 Å². The Morgan fingerprint density at radius 3 is 2.50 bits per heavy atom. The largest absolute Gasteiger partial charge is 0.465 e. The highest BCUT2D eigenvalue weighted by molar-refractivity contribution is 8.14. The molecule has 10 heavy (non-hydrogen) atoms. The van der Waals surface area contributed by atoms with Crippen molar-refractivity contribution in [1.82, 2.24) is 0 Å². The Labute approximate surface area is 64.1 Å². The zero-order valence-corrected chi connectivity index (χ0v) is 6.86. The Morgan fingerprint density at radius 2 is 2.10 bits per heavy atom. The lowest BCUT2D eigenvalue weighted by Crippen LogP contribution is -2.07. The molecule has 0 aliphatic heterocycles. The third kappa shape index (κ3) is 5.62. The van der Waals surface area contributed by atoms with Crippen LogP contribution in [0.1, 0.15) is 13.8 Å². The van der Waals surface area contributed by atoms with E-state index in [9.17, 15) is 9.59 Å². The molecule has 0 unspecified atom stereocenters. The molecule has 58 valence electrons. The van der Waals surface area contributed by atoms with Gasteiger partial charge in [-0.1, -0.05) is 11.8 Å². The lowest BCUT2D eigenvalue weighted by Gasteiger charge is -1.97. The van der Waals surface area contributed by atoms with Gasteiger partial charge in [0.15, 0.2) is 5.12 Å². The quantitative estimate of drug-likeness (QED) is 0.457. The van der Waals surface area contributed by atoms with E-state index < -0.39 is 0 Å². The normalized spacial score (nSPS) is 9.00. The number of carbonyl (C=O) groups is 2. The lowest BCUT2D eigenvalue weighted by molar-refractivity contribution is -0.140. The maximum Gasteiger partial charge on any atom is 0.316 e. The van der Waals surface area contributed by atoms with E-state index in [4.69, 9.17) is 0 Å². The predicted octanol–water partition coefficient (Wildman–Crippen LogP) is 0.829. The van der Waals surface area contributed by atoms with Crippen molar-refractivity contribution in [3.8, 4) is 0 Å². The predicted molar refractivity (Wildman–Crippen MR) is 39.8 cm³/mol. The minimum absolute atomic E-state index is 0.0620. The zero-order valence-electron chi connectivity index (χ0n) is 6.05. The van der Waals surface area contributed by atoms with E-state index >= 15 is 0 Å². The molecule has 0 saturated heterocycles. The van der Waals surface area contributed by atoms with Gasteiger partial charge in [-0.25, -0.2) is 0 Å². The fourth-order valence-electron chi connectivity index (χ4n) is 0.363. The summed E-state index contributed by atoms with van der Waals surface area (Å²) in [6, 6.07) is 0. The number of ether oxygens (including phenoxy) is 1. The van der Waals surface area contributed by atoms with Crippen molar-refractivity contribution in [1.29, 1.82) is 0 Å². The molecule has 0 saturated carbocycles. The van der Waals surface area contributed by atoms with Crippen LogP contribution in [0.3, 0.4) is 0 Å². The number of rotatable bonds is 3. The fraction of sp³-hybridized carbons (Fsp3) is 0.667. The Morgan fingerprint density at radius 1 is 1.50 bits per heavy atom. The van der Waals surface area contributed by atoms with Gasteiger partial charge in [0.05, 0.1) is 12.4 Å². The van der Waals surface area contributed by atoms with E-state index in [1.54, 1.807) is 6.92 Å². The molecular formula is C6H10O3S. The van der Waals surface area contributed by atoms with Crippen LogP contribution in [0.15, 0.2) is 0 Å². The van der Waals surface area contributed by atoms with Crippen molar-refractivity contribution in [2.75, 3.05) is 12.4 Å². The molecule has 3 nitrogen and oxygen atoms in total. The van der Waals surface area contributed by atoms with E-state index in [0.717, 1.165) is 11.8 Å². The van der Waals surface area contributed by atoms with Gasteiger partial charge in [0, 0.05) is 6.92 Å². The van der Waals surface area contributed by atoms with E-state index in [1.807, 2.05) is 0 Å². The topological polar surface area (TPSA) is 43.4 Å². The van der Waals surface area contributed by atoms with Gasteiger partial charge in [-0.15, -0.1) is 0 Å². The highest BCUT2D eigenvalue weighted by Crippen LogP contribution is 2.00. The van der Waals surface area contributed by atoms with Crippen LogP contribution < -0.4 is 0 Å². The van der Waals surface area contributed by atoms with Crippen molar-refractivity contribution >= 4 is 22.8 Å². The summed E-state index contributed by atoms with van der Waals surface area (Å²) >= 11 is 0.966. The first-order valence-corrected chi connectivity index (χ1v) is 3.94. The molecule has 0 amide bonds. The first-order valence-electron chi connectivity index (χ1n) is 2.95. The SMILES string of the molecule is CCO[13C](=O)[13CH2]SC(C)=O. The monoisotopic (exact) mass is 164 g/mol. The number of thioether (sulfide) groups is 1. The highest BCUT2D eigenvalue weighted by Gasteiger charge is 2.02. The molecule has 0 N–H and O–H groups in total. The molecule has 0 aromatic carbocycles. The number of esters is 1. The standard InChI is InChI=1S/C6H10O3S/c1-3-9-6(8)4-10-5(2)7/h3-4H2,1-2H3/i4+1,6+1. The Hall–Kier alpha value is -0.510. The molecule has 0 rings (SSSR count). The van der Waals surface area contributed by atoms with E-state index in [-0.39, 0.29) is 16.8 Å². The molecule has 0 fully saturated rings. The summed E-state index contributed by atoms with van der Waals surface area (Å²) < 4.78 is 4.58. The molecule has 0 spiro atoms. The molecule has 4 heteroatoms. The summed E-state index contributed by atoms with van der Waals surface area (Å²) in [5.41, 5.74) is 0. The lowest BCUT2D eigenvalue weighted by atomic mass is 10.9. The fourth-order valence-corrected chi connectivity index (χ4v) is 0.768. The number of hydrogen-bond acceptors (Lipinski definition) is 4. The summed E-state index contributed by atoms with van der Waals surface area (Å²) in [7, 11) is 0. The Balaban J connectivity index is 3.30. The van der Waals surface area contributed by atoms with Gasteiger partial charge < -0.3 is 4.74 Å². The van der Waals surface area contributed by atoms with Gasteiger partial charge in [0.2, 0.25) is 0 Å². The molecular weight excluding hydrogens is 154 g/mol. The van der Waals surface area contributed by atoms with Gasteiger partial charge in [0.25, 0.3) is 0 Å². The van der Waals surface area contributed by atoms with Gasteiger partial charge >= 0.3 is 5.97 Å². The second-order valence-electron chi connectivity index (χ2n) is 1.59. The minimum Gasteiger partial charge on any atom is -0.465 e. The average Bonchev–Trinajstić information content (AvgIpc) is 1.85. The molecule has 0 aliphatic rings. The molecule has 0 aromatic rings.